The number of nitrogen functional groups attached to an aromatic ring is 1. The van der Waals surface area contributed by atoms with Gasteiger partial charge in [-0.2, -0.15) is 0 Å². The minimum atomic E-state index is -1.62. The predicted molar refractivity (Wildman–Crippen MR) is 103 cm³/mol. The Balaban J connectivity index is 1.41. The van der Waals surface area contributed by atoms with E-state index in [1.807, 2.05) is 0 Å². The van der Waals surface area contributed by atoms with Gasteiger partial charge in [0.15, 0.2) is 35.2 Å². The molecule has 0 unspecified atom stereocenters. The van der Waals surface area contributed by atoms with Crippen LogP contribution in [0.25, 0.3) is 0 Å². The van der Waals surface area contributed by atoms with Crippen molar-refractivity contribution in [3.05, 3.63) is 41.1 Å². The van der Waals surface area contributed by atoms with Crippen LogP contribution in [0.2, 0.25) is 0 Å². The fraction of sp³-hybridized carbons (Fsp3) is 0.526. The number of ether oxygens (including phenoxy) is 1. The Morgan fingerprint density at radius 3 is 2.81 bits per heavy atom. The minimum absolute atomic E-state index is 0.00808. The summed E-state index contributed by atoms with van der Waals surface area (Å²) < 4.78 is 47.6. The summed E-state index contributed by atoms with van der Waals surface area (Å²) in [6.07, 6.45) is -3.23. The maximum Gasteiger partial charge on any atom is 0.171 e. The molecule has 31 heavy (non-hydrogen) atoms. The summed E-state index contributed by atoms with van der Waals surface area (Å²) in [5.41, 5.74) is 6.70. The van der Waals surface area contributed by atoms with Gasteiger partial charge >= 0.3 is 0 Å². The number of hydrogen-bond acceptors (Lipinski definition) is 7. The van der Waals surface area contributed by atoms with Crippen LogP contribution >= 0.6 is 0 Å². The fourth-order valence-corrected chi connectivity index (χ4v) is 4.01. The first-order valence-corrected chi connectivity index (χ1v) is 9.87. The number of benzene rings is 1. The summed E-state index contributed by atoms with van der Waals surface area (Å²) in [7, 11) is 0. The number of nitrogens with two attached hydrogens (primary N) is 1. The largest absolute Gasteiger partial charge is 0.394 e. The van der Waals surface area contributed by atoms with Crippen molar-refractivity contribution in [3.63, 3.8) is 0 Å². The quantitative estimate of drug-likeness (QED) is 0.314. The number of aliphatic hydroxyl groups excluding tert-OH is 2. The van der Waals surface area contributed by atoms with E-state index in [0.717, 1.165) is 16.8 Å². The number of anilines is 1. The van der Waals surface area contributed by atoms with Gasteiger partial charge in [0.25, 0.3) is 0 Å². The third-order valence-electron chi connectivity index (χ3n) is 5.72. The summed E-state index contributed by atoms with van der Waals surface area (Å²) in [5.74, 6) is -2.09. The van der Waals surface area contributed by atoms with Gasteiger partial charge in [-0.25, -0.2) is 17.9 Å². The topological polar surface area (TPSA) is 142 Å². The lowest BCUT2D eigenvalue weighted by molar-refractivity contribution is -0.0585. The van der Waals surface area contributed by atoms with Crippen LogP contribution in [0.5, 0.6) is 0 Å². The number of amidine groups is 1. The molecule has 2 aliphatic rings. The minimum Gasteiger partial charge on any atom is -0.394 e. The third kappa shape index (κ3) is 4.10. The van der Waals surface area contributed by atoms with E-state index in [0.29, 0.717) is 12.0 Å². The Bertz CT molecular complexity index is 973. The van der Waals surface area contributed by atoms with Gasteiger partial charge in [-0.05, 0) is 24.1 Å². The van der Waals surface area contributed by atoms with Gasteiger partial charge in [-0.15, -0.1) is 5.10 Å². The zero-order chi connectivity index (χ0) is 22.3. The van der Waals surface area contributed by atoms with Gasteiger partial charge in [0.05, 0.1) is 25.4 Å². The van der Waals surface area contributed by atoms with Gasteiger partial charge in [0.2, 0.25) is 0 Å². The molecular weight excluding hydrogens is 417 g/mol. The maximum absolute atomic E-state index is 14.8. The molecule has 2 fully saturated rings. The summed E-state index contributed by atoms with van der Waals surface area (Å²) in [5, 5.41) is 37.8. The lowest BCUT2D eigenvalue weighted by Gasteiger charge is -2.19. The normalized spacial score (nSPS) is 29.8. The van der Waals surface area contributed by atoms with E-state index >= 15 is 0 Å². The number of hydrogen-bond donors (Lipinski definition) is 5. The van der Waals surface area contributed by atoms with Crippen LogP contribution in [0.1, 0.15) is 36.1 Å². The second-order valence-electron chi connectivity index (χ2n) is 7.78. The number of halogens is 3. The van der Waals surface area contributed by atoms with E-state index in [2.05, 4.69) is 15.6 Å². The zero-order valence-electron chi connectivity index (χ0n) is 16.4. The Morgan fingerprint density at radius 2 is 2.10 bits per heavy atom. The highest BCUT2D eigenvalue weighted by Gasteiger charge is 2.46. The smallest absolute Gasteiger partial charge is 0.171 e. The van der Waals surface area contributed by atoms with Crippen LogP contribution in [0.4, 0.5) is 19.0 Å². The molecule has 1 aromatic heterocycles. The monoisotopic (exact) mass is 440 g/mol. The SMILES string of the molecule is N=C(N[C@@H]1C[C@H]1c1ccc(F)c(F)c1)c1nnn([C@H]2C[C@H](O)[C@@H](OCCO)[C@@H]2F)c1N. The first-order chi connectivity index (χ1) is 14.8. The molecule has 4 rings (SSSR count). The molecule has 2 aromatic rings. The van der Waals surface area contributed by atoms with E-state index in [9.17, 15) is 18.3 Å². The van der Waals surface area contributed by atoms with Crippen LogP contribution in [-0.4, -0.2) is 68.7 Å². The lowest BCUT2D eigenvalue weighted by Crippen LogP contribution is -2.33. The molecule has 168 valence electrons. The van der Waals surface area contributed by atoms with Crippen LogP contribution in [0, 0.1) is 17.0 Å². The first kappa shape index (κ1) is 21.5. The molecule has 0 saturated heterocycles. The van der Waals surface area contributed by atoms with Crippen LogP contribution < -0.4 is 11.1 Å². The molecule has 1 aromatic carbocycles. The summed E-state index contributed by atoms with van der Waals surface area (Å²) >= 11 is 0. The summed E-state index contributed by atoms with van der Waals surface area (Å²) in [6, 6.07) is 2.60. The maximum atomic E-state index is 14.8. The second kappa shape index (κ2) is 8.44. The number of alkyl halides is 1. The molecule has 6 N–H and O–H groups in total. The Morgan fingerprint density at radius 1 is 1.32 bits per heavy atom. The van der Waals surface area contributed by atoms with Crippen molar-refractivity contribution in [2.24, 2.45) is 0 Å². The number of nitrogens with one attached hydrogen (secondary N) is 2. The first-order valence-electron chi connectivity index (χ1n) is 9.87. The van der Waals surface area contributed by atoms with Crippen molar-refractivity contribution in [1.82, 2.24) is 20.3 Å². The average molecular weight is 440 g/mol. The Kier molecular flexibility index (Phi) is 5.86. The number of rotatable bonds is 7. The number of nitrogens with zero attached hydrogens (tertiary/aromatic N) is 3. The van der Waals surface area contributed by atoms with Gasteiger partial charge in [0.1, 0.15) is 6.10 Å². The van der Waals surface area contributed by atoms with Gasteiger partial charge in [-0.1, -0.05) is 11.3 Å². The van der Waals surface area contributed by atoms with Crippen molar-refractivity contribution < 1.29 is 28.1 Å². The molecule has 0 spiro atoms. The molecule has 12 heteroatoms. The molecule has 2 aliphatic carbocycles. The van der Waals surface area contributed by atoms with Crippen molar-refractivity contribution in [2.45, 2.75) is 49.2 Å². The molecule has 0 radical (unpaired) electrons. The molecule has 1 heterocycles. The highest BCUT2D eigenvalue weighted by molar-refractivity contribution is 5.98. The van der Waals surface area contributed by atoms with Crippen LogP contribution in [0.15, 0.2) is 18.2 Å². The molecule has 0 aliphatic heterocycles. The highest BCUT2D eigenvalue weighted by atomic mass is 19.2. The zero-order valence-corrected chi connectivity index (χ0v) is 16.4. The standard InChI is InChI=1S/C19H23F3N6O3/c20-10-2-1-8(5-11(10)21)9-6-12(9)25-18(23)16-19(24)28(27-26-16)13-7-14(30)17(15(13)22)31-4-3-29/h1-2,5,9,12-15,17,29-30H,3-4,6-7,24H2,(H2,23,25)/t9-,12+,13-,14-,15+,17+/m0/s1. The summed E-state index contributed by atoms with van der Waals surface area (Å²) in [6.45, 7) is -0.409. The van der Waals surface area contributed by atoms with Crippen molar-refractivity contribution in [1.29, 1.82) is 5.41 Å². The number of aliphatic hydroxyl groups is 2. The summed E-state index contributed by atoms with van der Waals surface area (Å²) in [4.78, 5) is 0. The predicted octanol–water partition coefficient (Wildman–Crippen LogP) is 0.631. The Labute approximate surface area is 175 Å². The molecular formula is C19H23F3N6O3. The van der Waals surface area contributed by atoms with Gasteiger partial charge in [-0.3, -0.25) is 5.41 Å². The fourth-order valence-electron chi connectivity index (χ4n) is 4.01. The average Bonchev–Trinajstić information content (AvgIpc) is 3.30. The molecule has 2 saturated carbocycles. The van der Waals surface area contributed by atoms with Crippen LogP contribution in [0.3, 0.4) is 0 Å². The second-order valence-corrected chi connectivity index (χ2v) is 7.78. The molecule has 9 nitrogen and oxygen atoms in total. The lowest BCUT2D eigenvalue weighted by atomic mass is 10.1. The van der Waals surface area contributed by atoms with E-state index in [4.69, 9.17) is 21.0 Å². The third-order valence-corrected chi connectivity index (χ3v) is 5.72. The molecule has 0 bridgehead atoms. The highest BCUT2D eigenvalue weighted by Crippen LogP contribution is 2.41. The number of aromatic nitrogens is 3. The van der Waals surface area contributed by atoms with Crippen molar-refractivity contribution in [3.8, 4) is 0 Å². The van der Waals surface area contributed by atoms with Crippen molar-refractivity contribution in [2.75, 3.05) is 18.9 Å². The van der Waals surface area contributed by atoms with Crippen LogP contribution in [-0.2, 0) is 4.74 Å². The van der Waals surface area contributed by atoms with Crippen molar-refractivity contribution >= 4 is 11.7 Å². The molecule has 6 atom stereocenters. The Hall–Kier alpha value is -2.70. The van der Waals surface area contributed by atoms with E-state index in [1.54, 1.807) is 0 Å². The van der Waals surface area contributed by atoms with E-state index in [-0.39, 0.29) is 48.9 Å². The van der Waals surface area contributed by atoms with E-state index < -0.39 is 36.1 Å². The van der Waals surface area contributed by atoms with Gasteiger partial charge in [0, 0.05) is 18.4 Å². The molecule has 0 amide bonds. The van der Waals surface area contributed by atoms with E-state index in [1.165, 1.54) is 6.07 Å². The van der Waals surface area contributed by atoms with Gasteiger partial charge < -0.3 is 26.0 Å².